The molecule has 1 aromatic carbocycles. The maximum atomic E-state index is 5.32. The van der Waals surface area contributed by atoms with Crippen LogP contribution in [0.5, 0.6) is 0 Å². The topological polar surface area (TPSA) is 66.5 Å². The second-order valence-electron chi connectivity index (χ2n) is 7.76. The number of aryl methyl sites for hydroxylation is 1. The summed E-state index contributed by atoms with van der Waals surface area (Å²) in [5, 5.41) is 7.48. The standard InChI is InChI=1S/C22H33N5OS.HI/c1-4-23-22(24-13-8-11-20-25-21(17(2)3)26-28-20)27-14-12-18(15-27)16-29-19-9-6-5-7-10-19;/h5-7,9-10,17-18H,4,8,11-16H2,1-3H3,(H,23,24);1H. The average molecular weight is 544 g/mol. The van der Waals surface area contributed by atoms with E-state index in [-0.39, 0.29) is 24.0 Å². The summed E-state index contributed by atoms with van der Waals surface area (Å²) < 4.78 is 5.32. The maximum absolute atomic E-state index is 5.32. The van der Waals surface area contributed by atoms with Gasteiger partial charge in [-0.3, -0.25) is 4.99 Å². The van der Waals surface area contributed by atoms with Crippen LogP contribution in [0.15, 0.2) is 44.7 Å². The smallest absolute Gasteiger partial charge is 0.226 e. The molecule has 1 aliphatic rings. The Morgan fingerprint density at radius 3 is 2.83 bits per heavy atom. The number of aromatic nitrogens is 2. The number of halogens is 1. The zero-order valence-electron chi connectivity index (χ0n) is 18.2. The minimum Gasteiger partial charge on any atom is -0.357 e. The number of guanidine groups is 1. The normalized spacial score (nSPS) is 16.7. The fourth-order valence-electron chi connectivity index (χ4n) is 3.34. The van der Waals surface area contributed by atoms with Gasteiger partial charge in [-0.1, -0.05) is 37.2 Å². The summed E-state index contributed by atoms with van der Waals surface area (Å²) in [7, 11) is 0. The van der Waals surface area contributed by atoms with Gasteiger partial charge in [-0.15, -0.1) is 35.7 Å². The van der Waals surface area contributed by atoms with E-state index in [1.807, 2.05) is 11.8 Å². The molecule has 30 heavy (non-hydrogen) atoms. The van der Waals surface area contributed by atoms with Crippen molar-refractivity contribution in [3.05, 3.63) is 42.0 Å². The van der Waals surface area contributed by atoms with Gasteiger partial charge in [0.2, 0.25) is 5.89 Å². The van der Waals surface area contributed by atoms with Crippen molar-refractivity contribution in [3.8, 4) is 0 Å². The van der Waals surface area contributed by atoms with E-state index >= 15 is 0 Å². The number of aliphatic imine (C=N–C) groups is 1. The number of nitrogens with zero attached hydrogens (tertiary/aromatic N) is 4. The largest absolute Gasteiger partial charge is 0.357 e. The average Bonchev–Trinajstić information content (AvgIpc) is 3.39. The lowest BCUT2D eigenvalue weighted by Gasteiger charge is -2.21. The molecule has 6 nitrogen and oxygen atoms in total. The minimum absolute atomic E-state index is 0. The Bertz CT molecular complexity index is 768. The van der Waals surface area contributed by atoms with Crippen LogP contribution in [0.25, 0.3) is 0 Å². The molecule has 1 aromatic heterocycles. The molecule has 0 spiro atoms. The quantitative estimate of drug-likeness (QED) is 0.161. The molecule has 1 unspecified atom stereocenters. The molecule has 2 aromatic rings. The van der Waals surface area contributed by atoms with Gasteiger partial charge in [0.15, 0.2) is 11.8 Å². The van der Waals surface area contributed by atoms with Crippen LogP contribution in [0, 0.1) is 5.92 Å². The van der Waals surface area contributed by atoms with E-state index in [0.717, 1.165) is 56.6 Å². The highest BCUT2D eigenvalue weighted by Gasteiger charge is 2.24. The Morgan fingerprint density at radius 2 is 2.13 bits per heavy atom. The molecular formula is C22H34IN5OS. The van der Waals surface area contributed by atoms with Crippen LogP contribution in [0.3, 0.4) is 0 Å². The van der Waals surface area contributed by atoms with E-state index in [0.29, 0.717) is 17.7 Å². The summed E-state index contributed by atoms with van der Waals surface area (Å²) in [4.78, 5) is 13.0. The summed E-state index contributed by atoms with van der Waals surface area (Å²) in [6.45, 7) is 10.1. The second kappa shape index (κ2) is 13.2. The highest BCUT2D eigenvalue weighted by molar-refractivity contribution is 14.0. The molecule has 166 valence electrons. The third-order valence-corrected chi connectivity index (χ3v) is 6.20. The van der Waals surface area contributed by atoms with Gasteiger partial charge in [-0.05, 0) is 37.8 Å². The summed E-state index contributed by atoms with van der Waals surface area (Å²) in [5.74, 6) is 4.70. The first-order chi connectivity index (χ1) is 14.2. The molecule has 3 rings (SSSR count). The Labute approximate surface area is 201 Å². The molecule has 0 saturated carbocycles. The number of benzene rings is 1. The first kappa shape index (κ1) is 25.0. The molecule has 1 saturated heterocycles. The zero-order chi connectivity index (χ0) is 20.5. The Kier molecular flexibility index (Phi) is 11.0. The number of likely N-dealkylation sites (tertiary alicyclic amines) is 1. The number of hydrogen-bond donors (Lipinski definition) is 1. The lowest BCUT2D eigenvalue weighted by Crippen LogP contribution is -2.40. The van der Waals surface area contributed by atoms with Gasteiger partial charge in [0, 0.05) is 49.2 Å². The van der Waals surface area contributed by atoms with Crippen molar-refractivity contribution >= 4 is 41.7 Å². The fraction of sp³-hybridized carbons (Fsp3) is 0.591. The summed E-state index contributed by atoms with van der Waals surface area (Å²) >= 11 is 1.96. The Balaban J connectivity index is 0.00000320. The minimum atomic E-state index is 0. The van der Waals surface area contributed by atoms with Crippen LogP contribution in [-0.2, 0) is 6.42 Å². The van der Waals surface area contributed by atoms with E-state index in [1.54, 1.807) is 0 Å². The molecule has 0 aliphatic carbocycles. The Morgan fingerprint density at radius 1 is 1.33 bits per heavy atom. The Hall–Kier alpha value is -1.29. The molecule has 1 N–H and O–H groups in total. The number of nitrogens with one attached hydrogen (secondary N) is 1. The first-order valence-corrected chi connectivity index (χ1v) is 11.7. The highest BCUT2D eigenvalue weighted by atomic mass is 127. The van der Waals surface area contributed by atoms with E-state index in [1.165, 1.54) is 11.3 Å². The molecule has 1 fully saturated rings. The lowest BCUT2D eigenvalue weighted by atomic mass is 10.2. The SMILES string of the molecule is CCNC(=NCCCc1nc(C(C)C)no1)N1CCC(CSc2ccccc2)C1.I. The van der Waals surface area contributed by atoms with Crippen molar-refractivity contribution in [2.45, 2.75) is 50.8 Å². The van der Waals surface area contributed by atoms with Crippen LogP contribution in [-0.4, -0.2) is 52.9 Å². The van der Waals surface area contributed by atoms with Gasteiger partial charge < -0.3 is 14.7 Å². The van der Waals surface area contributed by atoms with E-state index in [9.17, 15) is 0 Å². The van der Waals surface area contributed by atoms with Crippen molar-refractivity contribution < 1.29 is 4.52 Å². The van der Waals surface area contributed by atoms with Crippen LogP contribution < -0.4 is 5.32 Å². The van der Waals surface area contributed by atoms with Crippen LogP contribution in [0.2, 0.25) is 0 Å². The van der Waals surface area contributed by atoms with E-state index in [2.05, 4.69) is 71.5 Å². The maximum Gasteiger partial charge on any atom is 0.226 e. The van der Waals surface area contributed by atoms with Crippen molar-refractivity contribution in [1.29, 1.82) is 0 Å². The molecule has 2 heterocycles. The predicted octanol–water partition coefficient (Wildman–Crippen LogP) is 4.82. The number of thioether (sulfide) groups is 1. The van der Waals surface area contributed by atoms with Gasteiger partial charge in [0.05, 0.1) is 0 Å². The van der Waals surface area contributed by atoms with Gasteiger partial charge in [0.1, 0.15) is 0 Å². The predicted molar refractivity (Wildman–Crippen MR) is 135 cm³/mol. The fourth-order valence-corrected chi connectivity index (χ4v) is 4.39. The number of hydrogen-bond acceptors (Lipinski definition) is 5. The van der Waals surface area contributed by atoms with E-state index < -0.39 is 0 Å². The van der Waals surface area contributed by atoms with Crippen LogP contribution in [0.4, 0.5) is 0 Å². The summed E-state index contributed by atoms with van der Waals surface area (Å²) in [5.41, 5.74) is 0. The van der Waals surface area contributed by atoms with Gasteiger partial charge >= 0.3 is 0 Å². The summed E-state index contributed by atoms with van der Waals surface area (Å²) in [6.07, 6.45) is 2.92. The number of rotatable bonds is 9. The lowest BCUT2D eigenvalue weighted by molar-refractivity contribution is 0.369. The van der Waals surface area contributed by atoms with Crippen molar-refractivity contribution in [2.75, 3.05) is 31.9 Å². The highest BCUT2D eigenvalue weighted by Crippen LogP contribution is 2.25. The zero-order valence-corrected chi connectivity index (χ0v) is 21.4. The summed E-state index contributed by atoms with van der Waals surface area (Å²) in [6, 6.07) is 10.7. The molecule has 1 aliphatic heterocycles. The van der Waals surface area contributed by atoms with E-state index in [4.69, 9.17) is 9.52 Å². The molecule has 8 heteroatoms. The monoisotopic (exact) mass is 543 g/mol. The van der Waals surface area contributed by atoms with Gasteiger partial charge in [0.25, 0.3) is 0 Å². The second-order valence-corrected chi connectivity index (χ2v) is 8.86. The van der Waals surface area contributed by atoms with Crippen LogP contribution in [0.1, 0.15) is 51.2 Å². The molecule has 0 bridgehead atoms. The first-order valence-electron chi connectivity index (χ1n) is 10.7. The molecule has 1 atom stereocenters. The third kappa shape index (κ3) is 7.76. The molecule has 0 amide bonds. The van der Waals surface area contributed by atoms with Crippen molar-refractivity contribution in [3.63, 3.8) is 0 Å². The van der Waals surface area contributed by atoms with Crippen molar-refractivity contribution in [2.24, 2.45) is 10.9 Å². The van der Waals surface area contributed by atoms with Crippen molar-refractivity contribution in [1.82, 2.24) is 20.4 Å². The molecule has 0 radical (unpaired) electrons. The molecular weight excluding hydrogens is 509 g/mol. The van der Waals surface area contributed by atoms with Gasteiger partial charge in [-0.2, -0.15) is 4.98 Å². The third-order valence-electron chi connectivity index (χ3n) is 4.96. The van der Waals surface area contributed by atoms with Gasteiger partial charge in [-0.25, -0.2) is 0 Å². The van der Waals surface area contributed by atoms with Crippen LogP contribution >= 0.6 is 35.7 Å².